The molecule has 0 aliphatic heterocycles. The van der Waals surface area contributed by atoms with E-state index in [4.69, 9.17) is 21.7 Å². The van der Waals surface area contributed by atoms with Crippen molar-refractivity contribution in [3.63, 3.8) is 0 Å². The van der Waals surface area contributed by atoms with Gasteiger partial charge in [-0.1, -0.05) is 13.8 Å². The molecule has 0 fully saturated rings. The SMILES string of the molecule is CCOc1ccc(NC(=S)Nc2ccc(OCC(C)C)cc2)cc1. The van der Waals surface area contributed by atoms with Crippen molar-refractivity contribution in [1.82, 2.24) is 0 Å². The number of benzene rings is 2. The summed E-state index contributed by atoms with van der Waals surface area (Å²) in [6, 6.07) is 15.5. The Bertz CT molecular complexity index is 639. The number of thiocarbonyl (C=S) groups is 1. The average molecular weight is 344 g/mol. The van der Waals surface area contributed by atoms with Crippen LogP contribution in [0, 0.1) is 5.92 Å². The Morgan fingerprint density at radius 3 is 1.75 bits per heavy atom. The molecule has 0 atom stereocenters. The highest BCUT2D eigenvalue weighted by Gasteiger charge is 2.01. The maximum absolute atomic E-state index is 5.67. The topological polar surface area (TPSA) is 42.5 Å². The van der Waals surface area contributed by atoms with Gasteiger partial charge in [0.05, 0.1) is 13.2 Å². The first kappa shape index (κ1) is 18.1. The van der Waals surface area contributed by atoms with Gasteiger partial charge in [0.15, 0.2) is 5.11 Å². The molecule has 0 bridgehead atoms. The lowest BCUT2D eigenvalue weighted by atomic mass is 10.2. The molecule has 0 aromatic heterocycles. The molecule has 0 spiro atoms. The van der Waals surface area contributed by atoms with Crippen molar-refractivity contribution >= 4 is 28.7 Å². The van der Waals surface area contributed by atoms with Crippen molar-refractivity contribution in [3.8, 4) is 11.5 Å². The molecule has 0 aliphatic rings. The lowest BCUT2D eigenvalue weighted by Crippen LogP contribution is -2.18. The van der Waals surface area contributed by atoms with Crippen LogP contribution in [0.4, 0.5) is 11.4 Å². The molecule has 0 amide bonds. The maximum atomic E-state index is 5.67. The van der Waals surface area contributed by atoms with Crippen LogP contribution in [-0.2, 0) is 0 Å². The molecule has 128 valence electrons. The fourth-order valence-corrected chi connectivity index (χ4v) is 2.23. The summed E-state index contributed by atoms with van der Waals surface area (Å²) in [5, 5.41) is 6.84. The summed E-state index contributed by atoms with van der Waals surface area (Å²) >= 11 is 5.34. The second kappa shape index (κ2) is 9.13. The second-order valence-corrected chi connectivity index (χ2v) is 6.17. The Labute approximate surface area is 149 Å². The van der Waals surface area contributed by atoms with Gasteiger partial charge in [0, 0.05) is 11.4 Å². The van der Waals surface area contributed by atoms with Crippen LogP contribution >= 0.6 is 12.2 Å². The highest BCUT2D eigenvalue weighted by Crippen LogP contribution is 2.18. The van der Waals surface area contributed by atoms with E-state index < -0.39 is 0 Å². The van der Waals surface area contributed by atoms with Crippen LogP contribution in [0.5, 0.6) is 11.5 Å². The number of hydrogen-bond donors (Lipinski definition) is 2. The van der Waals surface area contributed by atoms with Gasteiger partial charge in [-0.3, -0.25) is 0 Å². The number of nitrogens with one attached hydrogen (secondary N) is 2. The van der Waals surface area contributed by atoms with E-state index in [2.05, 4.69) is 24.5 Å². The van der Waals surface area contributed by atoms with Gasteiger partial charge in [-0.2, -0.15) is 0 Å². The molecule has 2 N–H and O–H groups in total. The summed E-state index contributed by atoms with van der Waals surface area (Å²) in [5.74, 6) is 2.22. The van der Waals surface area contributed by atoms with E-state index >= 15 is 0 Å². The Kier molecular flexibility index (Phi) is 6.88. The van der Waals surface area contributed by atoms with Gasteiger partial charge in [-0.15, -0.1) is 0 Å². The third-order valence-corrected chi connectivity index (χ3v) is 3.32. The Hall–Kier alpha value is -2.27. The van der Waals surface area contributed by atoms with Crippen molar-refractivity contribution in [2.24, 2.45) is 5.92 Å². The fourth-order valence-electron chi connectivity index (χ4n) is 1.99. The smallest absolute Gasteiger partial charge is 0.175 e. The quantitative estimate of drug-likeness (QED) is 0.697. The Morgan fingerprint density at radius 1 is 0.875 bits per heavy atom. The van der Waals surface area contributed by atoms with Gasteiger partial charge in [0.2, 0.25) is 0 Å². The summed E-state index contributed by atoms with van der Waals surface area (Å²) < 4.78 is 11.1. The predicted octanol–water partition coefficient (Wildman–Crippen LogP) is 4.93. The minimum absolute atomic E-state index is 0.508. The fraction of sp³-hybridized carbons (Fsp3) is 0.316. The third kappa shape index (κ3) is 6.08. The molecule has 0 unspecified atom stereocenters. The summed E-state index contributed by atoms with van der Waals surface area (Å²) in [7, 11) is 0. The van der Waals surface area contributed by atoms with Crippen LogP contribution in [0.2, 0.25) is 0 Å². The van der Waals surface area contributed by atoms with E-state index in [0.717, 1.165) is 22.9 Å². The number of rotatable bonds is 7. The highest BCUT2D eigenvalue weighted by atomic mass is 32.1. The molecule has 0 aliphatic carbocycles. The Balaban J connectivity index is 1.85. The van der Waals surface area contributed by atoms with Crippen LogP contribution in [-0.4, -0.2) is 18.3 Å². The van der Waals surface area contributed by atoms with Crippen LogP contribution in [0.15, 0.2) is 48.5 Å². The molecule has 0 saturated heterocycles. The molecule has 2 aromatic rings. The van der Waals surface area contributed by atoms with Gasteiger partial charge < -0.3 is 20.1 Å². The van der Waals surface area contributed by atoms with Gasteiger partial charge in [-0.25, -0.2) is 0 Å². The minimum atomic E-state index is 0.508. The molecule has 4 nitrogen and oxygen atoms in total. The highest BCUT2D eigenvalue weighted by molar-refractivity contribution is 7.80. The summed E-state index contributed by atoms with van der Waals surface area (Å²) in [5.41, 5.74) is 1.82. The lowest BCUT2D eigenvalue weighted by molar-refractivity contribution is 0.271. The zero-order valence-corrected chi connectivity index (χ0v) is 15.2. The maximum Gasteiger partial charge on any atom is 0.175 e. The first-order valence-electron chi connectivity index (χ1n) is 8.10. The second-order valence-electron chi connectivity index (χ2n) is 5.77. The minimum Gasteiger partial charge on any atom is -0.494 e. The molecule has 0 heterocycles. The molecule has 2 rings (SSSR count). The molecular formula is C19H24N2O2S. The number of hydrogen-bond acceptors (Lipinski definition) is 3. The zero-order valence-electron chi connectivity index (χ0n) is 14.3. The zero-order chi connectivity index (χ0) is 17.4. The molecular weight excluding hydrogens is 320 g/mol. The van der Waals surface area contributed by atoms with Gasteiger partial charge >= 0.3 is 0 Å². The van der Waals surface area contributed by atoms with Gasteiger partial charge in [0.25, 0.3) is 0 Å². The monoisotopic (exact) mass is 344 g/mol. The van der Waals surface area contributed by atoms with Crippen LogP contribution < -0.4 is 20.1 Å². The Morgan fingerprint density at radius 2 is 1.33 bits per heavy atom. The van der Waals surface area contributed by atoms with Crippen molar-refractivity contribution in [3.05, 3.63) is 48.5 Å². The van der Waals surface area contributed by atoms with E-state index in [0.29, 0.717) is 24.2 Å². The van der Waals surface area contributed by atoms with Crippen molar-refractivity contribution in [1.29, 1.82) is 0 Å². The van der Waals surface area contributed by atoms with Crippen molar-refractivity contribution in [2.75, 3.05) is 23.8 Å². The van der Waals surface area contributed by atoms with Crippen molar-refractivity contribution in [2.45, 2.75) is 20.8 Å². The summed E-state index contributed by atoms with van der Waals surface area (Å²) in [6.07, 6.45) is 0. The molecule has 24 heavy (non-hydrogen) atoms. The van der Waals surface area contributed by atoms with E-state index in [1.54, 1.807) is 0 Å². The largest absolute Gasteiger partial charge is 0.494 e. The molecule has 0 radical (unpaired) electrons. The van der Waals surface area contributed by atoms with E-state index in [1.165, 1.54) is 0 Å². The molecule has 2 aromatic carbocycles. The van der Waals surface area contributed by atoms with Crippen LogP contribution in [0.25, 0.3) is 0 Å². The summed E-state index contributed by atoms with van der Waals surface area (Å²) in [4.78, 5) is 0. The normalized spacial score (nSPS) is 10.3. The van der Waals surface area contributed by atoms with Gasteiger partial charge in [0.1, 0.15) is 11.5 Å². The van der Waals surface area contributed by atoms with E-state index in [9.17, 15) is 0 Å². The van der Waals surface area contributed by atoms with E-state index in [-0.39, 0.29) is 0 Å². The lowest BCUT2D eigenvalue weighted by Gasteiger charge is -2.12. The molecule has 5 heteroatoms. The number of ether oxygens (including phenoxy) is 2. The van der Waals surface area contributed by atoms with Gasteiger partial charge in [-0.05, 0) is 73.6 Å². The first-order valence-corrected chi connectivity index (χ1v) is 8.51. The average Bonchev–Trinajstić information content (AvgIpc) is 2.56. The van der Waals surface area contributed by atoms with Crippen LogP contribution in [0.1, 0.15) is 20.8 Å². The first-order chi connectivity index (χ1) is 11.6. The number of anilines is 2. The third-order valence-electron chi connectivity index (χ3n) is 3.12. The van der Waals surface area contributed by atoms with E-state index in [1.807, 2.05) is 55.5 Å². The standard InChI is InChI=1S/C19H24N2O2S/c1-4-22-17-9-5-15(6-10-17)20-19(24)21-16-7-11-18(12-8-16)23-13-14(2)3/h5-12,14H,4,13H2,1-3H3,(H2,20,21,24). The van der Waals surface area contributed by atoms with Crippen LogP contribution in [0.3, 0.4) is 0 Å². The predicted molar refractivity (Wildman–Crippen MR) is 104 cm³/mol. The molecule has 0 saturated carbocycles. The summed E-state index contributed by atoms with van der Waals surface area (Å²) in [6.45, 7) is 7.58. The van der Waals surface area contributed by atoms with Crippen molar-refractivity contribution < 1.29 is 9.47 Å².